The summed E-state index contributed by atoms with van der Waals surface area (Å²) in [5.41, 5.74) is 0.236. The van der Waals surface area contributed by atoms with E-state index in [4.69, 9.17) is 10.00 Å². The van der Waals surface area contributed by atoms with E-state index in [0.717, 1.165) is 32.5 Å². The third-order valence-electron chi connectivity index (χ3n) is 3.51. The maximum absolute atomic E-state index is 9.22. The Morgan fingerprint density at radius 1 is 1.53 bits per heavy atom. The molecule has 4 nitrogen and oxygen atoms in total. The van der Waals surface area contributed by atoms with E-state index in [2.05, 4.69) is 11.0 Å². The zero-order chi connectivity index (χ0) is 10.7. The molecule has 1 aliphatic heterocycles. The highest BCUT2D eigenvalue weighted by atomic mass is 16.5. The highest BCUT2D eigenvalue weighted by Crippen LogP contribution is 2.49. The van der Waals surface area contributed by atoms with Crippen molar-refractivity contribution in [2.45, 2.75) is 25.3 Å². The molecule has 1 N–H and O–H groups in total. The topological polar surface area (TPSA) is 56.5 Å². The number of aliphatic hydroxyl groups is 1. The monoisotopic (exact) mass is 210 g/mol. The van der Waals surface area contributed by atoms with Crippen LogP contribution in [0.4, 0.5) is 0 Å². The van der Waals surface area contributed by atoms with Gasteiger partial charge in [0.2, 0.25) is 0 Å². The van der Waals surface area contributed by atoms with Crippen molar-refractivity contribution in [3.63, 3.8) is 0 Å². The molecule has 1 heterocycles. The maximum atomic E-state index is 9.22. The third kappa shape index (κ3) is 2.49. The molecule has 0 aromatic carbocycles. The lowest BCUT2D eigenvalue weighted by atomic mass is 10.0. The number of nitrogens with zero attached hydrogens (tertiary/aromatic N) is 2. The van der Waals surface area contributed by atoms with E-state index in [1.807, 2.05) is 0 Å². The van der Waals surface area contributed by atoms with Crippen molar-refractivity contribution in [1.29, 1.82) is 5.26 Å². The van der Waals surface area contributed by atoms with Crippen LogP contribution in [0.1, 0.15) is 19.3 Å². The molecule has 1 saturated heterocycles. The third-order valence-corrected chi connectivity index (χ3v) is 3.51. The Hall–Kier alpha value is -0.630. The number of aliphatic hydroxyl groups excluding tert-OH is 1. The molecule has 2 fully saturated rings. The summed E-state index contributed by atoms with van der Waals surface area (Å²) >= 11 is 0. The van der Waals surface area contributed by atoms with E-state index < -0.39 is 0 Å². The maximum Gasteiger partial charge on any atom is 0.0644 e. The van der Waals surface area contributed by atoms with Crippen LogP contribution in [0.25, 0.3) is 0 Å². The number of morpholine rings is 1. The molecule has 1 unspecified atom stereocenters. The average molecular weight is 210 g/mol. The normalized spacial score (nSPS) is 29.7. The van der Waals surface area contributed by atoms with Crippen molar-refractivity contribution in [2.75, 3.05) is 32.9 Å². The lowest BCUT2D eigenvalue weighted by Crippen LogP contribution is -2.49. The van der Waals surface area contributed by atoms with Gasteiger partial charge in [0.15, 0.2) is 0 Å². The second-order valence-corrected chi connectivity index (χ2v) is 4.72. The van der Waals surface area contributed by atoms with Gasteiger partial charge in [-0.25, -0.2) is 0 Å². The van der Waals surface area contributed by atoms with Crippen LogP contribution in [0, 0.1) is 16.7 Å². The first-order chi connectivity index (χ1) is 7.29. The lowest BCUT2D eigenvalue weighted by molar-refractivity contribution is -0.0351. The molecule has 0 aromatic heterocycles. The average Bonchev–Trinajstić information content (AvgIpc) is 2.99. The minimum atomic E-state index is 0.134. The Bertz CT molecular complexity index is 258. The molecule has 2 rings (SSSR count). The van der Waals surface area contributed by atoms with Gasteiger partial charge in [-0.2, -0.15) is 5.26 Å². The van der Waals surface area contributed by atoms with Gasteiger partial charge in [-0.15, -0.1) is 0 Å². The smallest absolute Gasteiger partial charge is 0.0644 e. The fourth-order valence-corrected chi connectivity index (χ4v) is 2.23. The van der Waals surface area contributed by atoms with Gasteiger partial charge in [0.25, 0.3) is 0 Å². The minimum absolute atomic E-state index is 0.134. The molecule has 84 valence electrons. The predicted molar refractivity (Wildman–Crippen MR) is 55.2 cm³/mol. The molecule has 2 aliphatic rings. The van der Waals surface area contributed by atoms with Crippen molar-refractivity contribution in [3.8, 4) is 6.07 Å². The molecule has 15 heavy (non-hydrogen) atoms. The highest BCUT2D eigenvalue weighted by molar-refractivity contribution is 5.02. The summed E-state index contributed by atoms with van der Waals surface area (Å²) in [6.07, 6.45) is 2.98. The largest absolute Gasteiger partial charge is 0.395 e. The zero-order valence-corrected chi connectivity index (χ0v) is 8.98. The first-order valence-corrected chi connectivity index (χ1v) is 5.59. The van der Waals surface area contributed by atoms with Crippen molar-refractivity contribution in [2.24, 2.45) is 5.41 Å². The molecule has 1 atom stereocenters. The van der Waals surface area contributed by atoms with Gasteiger partial charge in [-0.3, -0.25) is 4.90 Å². The van der Waals surface area contributed by atoms with Crippen LogP contribution >= 0.6 is 0 Å². The van der Waals surface area contributed by atoms with Crippen molar-refractivity contribution >= 4 is 0 Å². The summed E-state index contributed by atoms with van der Waals surface area (Å²) in [6.45, 7) is 3.37. The Morgan fingerprint density at radius 3 is 2.93 bits per heavy atom. The van der Waals surface area contributed by atoms with Gasteiger partial charge in [-0.1, -0.05) is 0 Å². The van der Waals surface area contributed by atoms with E-state index in [1.165, 1.54) is 0 Å². The van der Waals surface area contributed by atoms with Gasteiger partial charge < -0.3 is 9.84 Å². The Balaban J connectivity index is 1.89. The molecule has 0 radical (unpaired) electrons. The summed E-state index contributed by atoms with van der Waals surface area (Å²) in [7, 11) is 0. The van der Waals surface area contributed by atoms with Crippen LogP contribution in [0.15, 0.2) is 0 Å². The van der Waals surface area contributed by atoms with Crippen LogP contribution in [0.3, 0.4) is 0 Å². The second kappa shape index (κ2) is 4.48. The van der Waals surface area contributed by atoms with Gasteiger partial charge in [0, 0.05) is 19.5 Å². The quantitative estimate of drug-likeness (QED) is 0.728. The summed E-state index contributed by atoms with van der Waals surface area (Å²) < 4.78 is 5.33. The Labute approximate surface area is 90.4 Å². The van der Waals surface area contributed by atoms with E-state index >= 15 is 0 Å². The number of hydrogen-bond acceptors (Lipinski definition) is 4. The van der Waals surface area contributed by atoms with Crippen LogP contribution in [0.2, 0.25) is 0 Å². The minimum Gasteiger partial charge on any atom is -0.395 e. The van der Waals surface area contributed by atoms with Gasteiger partial charge in [0.1, 0.15) is 0 Å². The Morgan fingerprint density at radius 2 is 2.33 bits per heavy atom. The van der Waals surface area contributed by atoms with Crippen LogP contribution in [0.5, 0.6) is 0 Å². The summed E-state index contributed by atoms with van der Waals surface area (Å²) in [5.74, 6) is 0. The van der Waals surface area contributed by atoms with E-state index in [-0.39, 0.29) is 18.1 Å². The predicted octanol–water partition coefficient (Wildman–Crippen LogP) is 0.373. The lowest BCUT2D eigenvalue weighted by Gasteiger charge is -2.36. The molecule has 1 saturated carbocycles. The van der Waals surface area contributed by atoms with Gasteiger partial charge in [0.05, 0.1) is 31.9 Å². The summed E-state index contributed by atoms with van der Waals surface area (Å²) in [5, 5.41) is 18.0. The first-order valence-electron chi connectivity index (χ1n) is 5.59. The molecule has 4 heteroatoms. The number of ether oxygens (including phenoxy) is 1. The van der Waals surface area contributed by atoms with E-state index in [0.29, 0.717) is 13.0 Å². The van der Waals surface area contributed by atoms with Gasteiger partial charge in [-0.05, 0) is 18.3 Å². The highest BCUT2D eigenvalue weighted by Gasteiger charge is 2.44. The van der Waals surface area contributed by atoms with Crippen molar-refractivity contribution in [3.05, 3.63) is 0 Å². The fraction of sp³-hybridized carbons (Fsp3) is 0.909. The van der Waals surface area contributed by atoms with Crippen molar-refractivity contribution in [1.82, 2.24) is 4.90 Å². The number of hydrogen-bond donors (Lipinski definition) is 1. The molecule has 0 spiro atoms. The number of nitriles is 1. The summed E-state index contributed by atoms with van der Waals surface area (Å²) in [6, 6.07) is 2.41. The first kappa shape index (κ1) is 10.9. The van der Waals surface area contributed by atoms with Crippen LogP contribution in [-0.2, 0) is 4.74 Å². The molecular weight excluding hydrogens is 192 g/mol. The SMILES string of the molecule is N#CCC1(CN2CCOCC2CO)CC1. The molecule has 0 amide bonds. The van der Waals surface area contributed by atoms with Crippen molar-refractivity contribution < 1.29 is 9.84 Å². The molecular formula is C11H18N2O2. The number of rotatable bonds is 4. The van der Waals surface area contributed by atoms with E-state index in [1.54, 1.807) is 0 Å². The van der Waals surface area contributed by atoms with Crippen LogP contribution in [-0.4, -0.2) is 49.0 Å². The molecule has 0 aromatic rings. The standard InChI is InChI=1S/C11H18N2O2/c12-4-3-11(1-2-11)9-13-5-6-15-8-10(13)7-14/h10,14H,1-3,5-9H2. The summed E-state index contributed by atoms with van der Waals surface area (Å²) in [4.78, 5) is 2.29. The molecule has 1 aliphatic carbocycles. The fourth-order valence-electron chi connectivity index (χ4n) is 2.23. The van der Waals surface area contributed by atoms with E-state index in [9.17, 15) is 5.11 Å². The van der Waals surface area contributed by atoms with Gasteiger partial charge >= 0.3 is 0 Å². The molecule has 0 bridgehead atoms. The zero-order valence-electron chi connectivity index (χ0n) is 8.98. The Kier molecular flexibility index (Phi) is 3.25. The second-order valence-electron chi connectivity index (χ2n) is 4.72. The van der Waals surface area contributed by atoms with Crippen LogP contribution < -0.4 is 0 Å².